The summed E-state index contributed by atoms with van der Waals surface area (Å²) in [7, 11) is 0. The Morgan fingerprint density at radius 2 is 1.17 bits per heavy atom. The Morgan fingerprint density at radius 3 is 1.53 bits per heavy atom. The van der Waals surface area contributed by atoms with Gasteiger partial charge in [0.1, 0.15) is 0 Å². The lowest BCUT2D eigenvalue weighted by Gasteiger charge is -2.12. The Bertz CT molecular complexity index is 679. The van der Waals surface area contributed by atoms with Crippen LogP contribution in [0, 0.1) is 35.5 Å². The molecule has 0 aliphatic heterocycles. The summed E-state index contributed by atoms with van der Waals surface area (Å²) in [6.07, 6.45) is 22.4. The summed E-state index contributed by atoms with van der Waals surface area (Å²) in [5.41, 5.74) is 5.31. The van der Waals surface area contributed by atoms with Gasteiger partial charge in [0, 0.05) is 37.1 Å². The van der Waals surface area contributed by atoms with Gasteiger partial charge in [-0.15, -0.1) is 0 Å². The summed E-state index contributed by atoms with van der Waals surface area (Å²) in [6.45, 7) is 0. The molecule has 0 unspecified atom stereocenters. The summed E-state index contributed by atoms with van der Waals surface area (Å²) in [5, 5.41) is 8.30. The number of hydrogen-bond donors (Lipinski definition) is 2. The lowest BCUT2D eigenvalue weighted by atomic mass is 9.95. The van der Waals surface area contributed by atoms with Crippen molar-refractivity contribution in [3.63, 3.8) is 0 Å². The van der Waals surface area contributed by atoms with E-state index in [1.165, 1.54) is 25.7 Å². The summed E-state index contributed by atoms with van der Waals surface area (Å²) in [5.74, 6) is 3.61. The van der Waals surface area contributed by atoms with Gasteiger partial charge in [-0.1, -0.05) is 37.1 Å². The highest BCUT2D eigenvalue weighted by Gasteiger charge is 2.35. The number of fused-ring (bicyclic) bond motifs is 4. The number of hydrazone groups is 2. The quantitative estimate of drug-likeness (QED) is 0.234. The molecule has 4 bridgehead atoms. The number of carbonyl (C=O) groups is 2. The lowest BCUT2D eigenvalue weighted by molar-refractivity contribution is -0.122. The van der Waals surface area contributed by atoms with Crippen molar-refractivity contribution in [1.82, 2.24) is 10.9 Å². The number of nitrogens with zero attached hydrogens (tertiary/aromatic N) is 2. The van der Waals surface area contributed by atoms with Crippen molar-refractivity contribution in [3.05, 3.63) is 24.3 Å². The van der Waals surface area contributed by atoms with Gasteiger partial charge in [-0.25, -0.2) is 10.9 Å². The van der Waals surface area contributed by atoms with Crippen LogP contribution in [0.25, 0.3) is 0 Å². The molecule has 4 rings (SSSR count). The van der Waals surface area contributed by atoms with Gasteiger partial charge < -0.3 is 0 Å². The van der Waals surface area contributed by atoms with Gasteiger partial charge in [0.2, 0.25) is 11.8 Å². The molecule has 0 aromatic heterocycles. The lowest BCUT2D eigenvalue weighted by Crippen LogP contribution is -2.19. The van der Waals surface area contributed by atoms with E-state index in [1.807, 2.05) is 12.4 Å². The predicted octanol–water partition coefficient (Wildman–Crippen LogP) is 3.96. The summed E-state index contributed by atoms with van der Waals surface area (Å²) >= 11 is 0. The highest BCUT2D eigenvalue weighted by Crippen LogP contribution is 2.43. The summed E-state index contributed by atoms with van der Waals surface area (Å²) in [6, 6.07) is 0. The molecule has 6 atom stereocenters. The van der Waals surface area contributed by atoms with Gasteiger partial charge in [0.15, 0.2) is 0 Å². The van der Waals surface area contributed by atoms with Crippen LogP contribution >= 0.6 is 0 Å². The van der Waals surface area contributed by atoms with Crippen LogP contribution in [-0.2, 0) is 9.59 Å². The van der Waals surface area contributed by atoms with Crippen molar-refractivity contribution in [1.29, 1.82) is 0 Å². The fraction of sp³-hybridized carbons (Fsp3) is 0.667. The third-order valence-corrected chi connectivity index (χ3v) is 7.13. The minimum Gasteiger partial charge on any atom is -0.273 e. The Morgan fingerprint density at radius 1 is 0.700 bits per heavy atom. The molecule has 0 spiro atoms. The first-order chi connectivity index (χ1) is 14.7. The molecule has 0 saturated heterocycles. The van der Waals surface area contributed by atoms with Crippen molar-refractivity contribution >= 4 is 24.2 Å². The molecule has 2 fully saturated rings. The zero-order valence-corrected chi connectivity index (χ0v) is 17.7. The second kappa shape index (κ2) is 10.2. The maximum absolute atomic E-state index is 11.9. The van der Waals surface area contributed by atoms with Gasteiger partial charge in [-0.3, -0.25) is 9.59 Å². The molecule has 2 amide bonds. The monoisotopic (exact) mass is 410 g/mol. The molecular formula is C24H34N4O2. The normalized spacial score (nSPS) is 33.3. The summed E-state index contributed by atoms with van der Waals surface area (Å²) < 4.78 is 0. The third kappa shape index (κ3) is 5.67. The predicted molar refractivity (Wildman–Crippen MR) is 119 cm³/mol. The highest BCUT2D eigenvalue weighted by atomic mass is 16.2. The van der Waals surface area contributed by atoms with Crippen molar-refractivity contribution in [2.24, 2.45) is 45.7 Å². The minimum atomic E-state index is -0.0208. The molecular weight excluding hydrogens is 376 g/mol. The first kappa shape index (κ1) is 21.0. The first-order valence-electron chi connectivity index (χ1n) is 11.7. The molecule has 2 N–H and O–H groups in total. The number of unbranched alkanes of at least 4 members (excludes halogenated alkanes) is 3. The van der Waals surface area contributed by atoms with Crippen LogP contribution < -0.4 is 10.9 Å². The number of amides is 2. The van der Waals surface area contributed by atoms with E-state index in [-0.39, 0.29) is 11.8 Å². The molecule has 2 saturated carbocycles. The molecule has 162 valence electrons. The number of carbonyl (C=O) groups excluding carboxylic acids is 2. The van der Waals surface area contributed by atoms with E-state index in [9.17, 15) is 9.59 Å². The topological polar surface area (TPSA) is 82.9 Å². The zero-order chi connectivity index (χ0) is 20.8. The van der Waals surface area contributed by atoms with E-state index in [2.05, 4.69) is 45.4 Å². The van der Waals surface area contributed by atoms with E-state index in [0.29, 0.717) is 36.5 Å². The number of rotatable bonds is 11. The SMILES string of the molecule is O=C(CCCCCCC(=O)NN=C[C@@H]1C[C@H]2C=C[C@H]1C2)NN=C[C@@H]1C[C@H]2C=C[C@H]1C2. The van der Waals surface area contributed by atoms with Gasteiger partial charge in [-0.2, -0.15) is 10.2 Å². The maximum Gasteiger partial charge on any atom is 0.240 e. The van der Waals surface area contributed by atoms with E-state index in [0.717, 1.165) is 37.5 Å². The average molecular weight is 411 g/mol. The molecule has 0 aromatic rings. The van der Waals surface area contributed by atoms with E-state index < -0.39 is 0 Å². The fourth-order valence-electron chi connectivity index (χ4n) is 5.44. The molecule has 6 heteroatoms. The Kier molecular flexibility index (Phi) is 7.13. The van der Waals surface area contributed by atoms with Crippen LogP contribution in [0.3, 0.4) is 0 Å². The van der Waals surface area contributed by atoms with E-state index in [4.69, 9.17) is 0 Å². The van der Waals surface area contributed by atoms with Crippen molar-refractivity contribution in [2.75, 3.05) is 0 Å². The molecule has 30 heavy (non-hydrogen) atoms. The highest BCUT2D eigenvalue weighted by molar-refractivity contribution is 5.77. The molecule has 4 aliphatic rings. The Labute approximate surface area is 179 Å². The minimum absolute atomic E-state index is 0.0208. The molecule has 4 aliphatic carbocycles. The number of hydrogen-bond acceptors (Lipinski definition) is 4. The second-order valence-corrected chi connectivity index (χ2v) is 9.43. The molecule has 0 heterocycles. The molecule has 0 radical (unpaired) electrons. The fourth-order valence-corrected chi connectivity index (χ4v) is 5.44. The number of allylic oxidation sites excluding steroid dienone is 4. The van der Waals surface area contributed by atoms with Gasteiger partial charge >= 0.3 is 0 Å². The van der Waals surface area contributed by atoms with Crippen LogP contribution in [-0.4, -0.2) is 24.2 Å². The first-order valence-corrected chi connectivity index (χ1v) is 11.7. The number of nitrogens with one attached hydrogen (secondary N) is 2. The van der Waals surface area contributed by atoms with Crippen LogP contribution in [0.2, 0.25) is 0 Å². The standard InChI is InChI=1S/C24H34N4O2/c29-23(27-25-15-21-13-17-7-9-19(21)11-17)5-3-1-2-4-6-24(30)28-26-16-22-14-18-8-10-20(22)12-18/h7-10,15-22H,1-6,11-14H2,(H,27,29)(H,28,30)/t17-,18-,19-,20-,21-,22-/m0/s1. The second-order valence-electron chi connectivity index (χ2n) is 9.43. The van der Waals surface area contributed by atoms with Crippen LogP contribution in [0.1, 0.15) is 64.2 Å². The Balaban J connectivity index is 0.981. The van der Waals surface area contributed by atoms with E-state index in [1.54, 1.807) is 0 Å². The Hall–Kier alpha value is -2.24. The van der Waals surface area contributed by atoms with Gasteiger partial charge in [0.25, 0.3) is 0 Å². The van der Waals surface area contributed by atoms with Crippen molar-refractivity contribution in [2.45, 2.75) is 64.2 Å². The summed E-state index contributed by atoms with van der Waals surface area (Å²) in [4.78, 5) is 23.7. The van der Waals surface area contributed by atoms with Crippen molar-refractivity contribution in [3.8, 4) is 0 Å². The molecule has 6 nitrogen and oxygen atoms in total. The van der Waals surface area contributed by atoms with Gasteiger partial charge in [0.05, 0.1) is 0 Å². The smallest absolute Gasteiger partial charge is 0.240 e. The zero-order valence-electron chi connectivity index (χ0n) is 17.7. The van der Waals surface area contributed by atoms with Crippen LogP contribution in [0.15, 0.2) is 34.5 Å². The van der Waals surface area contributed by atoms with Crippen LogP contribution in [0.4, 0.5) is 0 Å². The largest absolute Gasteiger partial charge is 0.273 e. The van der Waals surface area contributed by atoms with Gasteiger partial charge in [-0.05, 0) is 62.2 Å². The van der Waals surface area contributed by atoms with Crippen LogP contribution in [0.5, 0.6) is 0 Å². The molecule has 0 aromatic carbocycles. The van der Waals surface area contributed by atoms with Crippen molar-refractivity contribution < 1.29 is 9.59 Å². The van der Waals surface area contributed by atoms with E-state index >= 15 is 0 Å². The third-order valence-electron chi connectivity index (χ3n) is 7.13. The average Bonchev–Trinajstić information content (AvgIpc) is 3.52. The maximum atomic E-state index is 11.9.